The van der Waals surface area contributed by atoms with Gasteiger partial charge < -0.3 is 10.1 Å². The second kappa shape index (κ2) is 7.78. The Hall–Kier alpha value is -1.43. The summed E-state index contributed by atoms with van der Waals surface area (Å²) in [7, 11) is 0. The number of hydrogen-bond donors (Lipinski definition) is 1. The van der Waals surface area contributed by atoms with E-state index in [-0.39, 0.29) is 12.0 Å². The zero-order valence-electron chi connectivity index (χ0n) is 10.4. The van der Waals surface area contributed by atoms with E-state index in [0.717, 1.165) is 19.4 Å². The molecule has 0 radical (unpaired) electrons. The highest BCUT2D eigenvalue weighted by atomic mass is 16.5. The van der Waals surface area contributed by atoms with Crippen LogP contribution in [0.5, 0.6) is 0 Å². The van der Waals surface area contributed by atoms with E-state index in [9.17, 15) is 4.79 Å². The van der Waals surface area contributed by atoms with E-state index in [1.165, 1.54) is 6.33 Å². The zero-order chi connectivity index (χ0) is 12.5. The Balaban J connectivity index is 2.07. The molecule has 0 fully saturated rings. The van der Waals surface area contributed by atoms with Crippen molar-refractivity contribution in [3.05, 3.63) is 12.7 Å². The summed E-state index contributed by atoms with van der Waals surface area (Å²) in [4.78, 5) is 15.4. The molecule has 17 heavy (non-hydrogen) atoms. The standard InChI is InChI=1S/C11H20N4O2/c1-3-7-17-10(2)11(16)13-5-4-6-15-9-12-8-14-15/h8-10H,3-7H2,1-2H3,(H,13,16)/t10-/m1/s1. The van der Waals surface area contributed by atoms with Crippen LogP contribution in [0.3, 0.4) is 0 Å². The molecule has 1 aromatic heterocycles. The molecule has 1 N–H and O–H groups in total. The largest absolute Gasteiger partial charge is 0.369 e. The van der Waals surface area contributed by atoms with Crippen molar-refractivity contribution < 1.29 is 9.53 Å². The molecule has 1 atom stereocenters. The first kappa shape index (κ1) is 13.6. The SMILES string of the molecule is CCCO[C@H](C)C(=O)NCCCn1cncn1. The number of aromatic nitrogens is 3. The molecule has 0 saturated carbocycles. The predicted octanol–water partition coefficient (Wildman–Crippen LogP) is 0.599. The molecule has 0 aliphatic rings. The molecule has 1 aromatic rings. The van der Waals surface area contributed by atoms with Crippen LogP contribution in [0, 0.1) is 0 Å². The quantitative estimate of drug-likeness (QED) is 0.676. The van der Waals surface area contributed by atoms with Crippen molar-refractivity contribution in [2.75, 3.05) is 13.2 Å². The summed E-state index contributed by atoms with van der Waals surface area (Å²) in [6, 6.07) is 0. The van der Waals surface area contributed by atoms with Crippen LogP contribution < -0.4 is 5.32 Å². The Morgan fingerprint density at radius 1 is 1.59 bits per heavy atom. The first-order valence-electron chi connectivity index (χ1n) is 5.95. The minimum Gasteiger partial charge on any atom is -0.369 e. The van der Waals surface area contributed by atoms with E-state index in [0.29, 0.717) is 13.2 Å². The maximum atomic E-state index is 11.5. The van der Waals surface area contributed by atoms with E-state index in [4.69, 9.17) is 4.74 Å². The summed E-state index contributed by atoms with van der Waals surface area (Å²) in [5.41, 5.74) is 0. The third kappa shape index (κ3) is 5.44. The fraction of sp³-hybridized carbons (Fsp3) is 0.727. The van der Waals surface area contributed by atoms with Crippen LogP contribution in [-0.2, 0) is 16.1 Å². The minimum absolute atomic E-state index is 0.0583. The van der Waals surface area contributed by atoms with Gasteiger partial charge in [-0.2, -0.15) is 5.10 Å². The number of nitrogens with one attached hydrogen (secondary N) is 1. The first-order chi connectivity index (χ1) is 8.24. The number of carbonyl (C=O) groups excluding carboxylic acids is 1. The second-order valence-electron chi connectivity index (χ2n) is 3.82. The number of rotatable bonds is 8. The lowest BCUT2D eigenvalue weighted by molar-refractivity contribution is -0.131. The molecule has 0 aliphatic heterocycles. The molecule has 1 amide bonds. The summed E-state index contributed by atoms with van der Waals surface area (Å²) >= 11 is 0. The van der Waals surface area contributed by atoms with Crippen molar-refractivity contribution in [1.29, 1.82) is 0 Å². The van der Waals surface area contributed by atoms with Gasteiger partial charge in [0.2, 0.25) is 5.91 Å². The number of hydrogen-bond acceptors (Lipinski definition) is 4. The number of carbonyl (C=O) groups is 1. The summed E-state index contributed by atoms with van der Waals surface area (Å²) in [5, 5.41) is 6.80. The summed E-state index contributed by atoms with van der Waals surface area (Å²) in [5.74, 6) is -0.0583. The first-order valence-corrected chi connectivity index (χ1v) is 5.95. The van der Waals surface area contributed by atoms with E-state index >= 15 is 0 Å². The highest BCUT2D eigenvalue weighted by Crippen LogP contribution is 1.93. The van der Waals surface area contributed by atoms with E-state index in [1.54, 1.807) is 17.9 Å². The van der Waals surface area contributed by atoms with Crippen molar-refractivity contribution in [2.24, 2.45) is 0 Å². The lowest BCUT2D eigenvalue weighted by Crippen LogP contribution is -2.35. The van der Waals surface area contributed by atoms with Crippen molar-refractivity contribution >= 4 is 5.91 Å². The Labute approximate surface area is 101 Å². The van der Waals surface area contributed by atoms with E-state index < -0.39 is 0 Å². The Morgan fingerprint density at radius 2 is 2.41 bits per heavy atom. The van der Waals surface area contributed by atoms with Gasteiger partial charge in [0.25, 0.3) is 0 Å². The Bertz CT molecular complexity index is 313. The van der Waals surface area contributed by atoms with E-state index in [2.05, 4.69) is 15.4 Å². The maximum absolute atomic E-state index is 11.5. The number of ether oxygens (including phenoxy) is 1. The topological polar surface area (TPSA) is 69.0 Å². The third-order valence-electron chi connectivity index (χ3n) is 2.27. The van der Waals surface area contributed by atoms with E-state index in [1.807, 2.05) is 6.92 Å². The van der Waals surface area contributed by atoms with Crippen LogP contribution in [0.4, 0.5) is 0 Å². The molecule has 96 valence electrons. The number of amides is 1. The van der Waals surface area contributed by atoms with Gasteiger partial charge in [-0.25, -0.2) is 4.98 Å². The van der Waals surface area contributed by atoms with Crippen molar-refractivity contribution in [1.82, 2.24) is 20.1 Å². The molecule has 6 heteroatoms. The van der Waals surface area contributed by atoms with Crippen LogP contribution in [-0.4, -0.2) is 39.9 Å². The van der Waals surface area contributed by atoms with Gasteiger partial charge in [0.1, 0.15) is 18.8 Å². The second-order valence-corrected chi connectivity index (χ2v) is 3.82. The molecule has 0 spiro atoms. The molecule has 0 aromatic carbocycles. The van der Waals surface area contributed by atoms with Crippen LogP contribution in [0.2, 0.25) is 0 Å². The predicted molar refractivity (Wildman–Crippen MR) is 63.4 cm³/mol. The Morgan fingerprint density at radius 3 is 3.06 bits per heavy atom. The molecule has 1 rings (SSSR count). The van der Waals surface area contributed by atoms with Crippen molar-refractivity contribution in [3.8, 4) is 0 Å². The van der Waals surface area contributed by atoms with Gasteiger partial charge >= 0.3 is 0 Å². The highest BCUT2D eigenvalue weighted by molar-refractivity contribution is 5.80. The molecular formula is C11H20N4O2. The van der Waals surface area contributed by atoms with Crippen LogP contribution >= 0.6 is 0 Å². The molecule has 0 unspecified atom stereocenters. The molecular weight excluding hydrogens is 220 g/mol. The van der Waals surface area contributed by atoms with Gasteiger partial charge in [-0.05, 0) is 19.8 Å². The van der Waals surface area contributed by atoms with Gasteiger partial charge in [0.15, 0.2) is 0 Å². The average molecular weight is 240 g/mol. The Kier molecular flexibility index (Phi) is 6.24. The number of nitrogens with zero attached hydrogens (tertiary/aromatic N) is 3. The summed E-state index contributed by atoms with van der Waals surface area (Å²) < 4.78 is 7.06. The fourth-order valence-corrected chi connectivity index (χ4v) is 1.31. The van der Waals surface area contributed by atoms with Gasteiger partial charge in [-0.3, -0.25) is 9.48 Å². The van der Waals surface area contributed by atoms with Gasteiger partial charge in [-0.15, -0.1) is 0 Å². The lowest BCUT2D eigenvalue weighted by Gasteiger charge is -2.12. The van der Waals surface area contributed by atoms with Gasteiger partial charge in [-0.1, -0.05) is 6.92 Å². The van der Waals surface area contributed by atoms with Crippen molar-refractivity contribution in [2.45, 2.75) is 39.3 Å². The van der Waals surface area contributed by atoms with Gasteiger partial charge in [0.05, 0.1) is 0 Å². The summed E-state index contributed by atoms with van der Waals surface area (Å²) in [6.07, 6.45) is 4.54. The van der Waals surface area contributed by atoms with Gasteiger partial charge in [0, 0.05) is 19.7 Å². The molecule has 6 nitrogen and oxygen atoms in total. The lowest BCUT2D eigenvalue weighted by atomic mass is 10.3. The van der Waals surface area contributed by atoms with Crippen molar-refractivity contribution in [3.63, 3.8) is 0 Å². The smallest absolute Gasteiger partial charge is 0.248 e. The molecule has 0 saturated heterocycles. The average Bonchev–Trinajstić information content (AvgIpc) is 2.84. The van der Waals surface area contributed by atoms with Crippen LogP contribution in [0.15, 0.2) is 12.7 Å². The molecule has 0 bridgehead atoms. The summed E-state index contributed by atoms with van der Waals surface area (Å²) in [6.45, 7) is 5.78. The molecule has 0 aliphatic carbocycles. The highest BCUT2D eigenvalue weighted by Gasteiger charge is 2.11. The number of aryl methyl sites for hydroxylation is 1. The molecule has 1 heterocycles. The third-order valence-corrected chi connectivity index (χ3v) is 2.27. The zero-order valence-corrected chi connectivity index (χ0v) is 10.4. The monoisotopic (exact) mass is 240 g/mol. The maximum Gasteiger partial charge on any atom is 0.248 e. The minimum atomic E-state index is -0.374. The fourth-order valence-electron chi connectivity index (χ4n) is 1.31. The van der Waals surface area contributed by atoms with Crippen LogP contribution in [0.25, 0.3) is 0 Å². The normalized spacial score (nSPS) is 12.4. The van der Waals surface area contributed by atoms with Crippen LogP contribution in [0.1, 0.15) is 26.7 Å².